The molecule has 22 heavy (non-hydrogen) atoms. The Balaban J connectivity index is 3.48. The predicted molar refractivity (Wildman–Crippen MR) is 99.9 cm³/mol. The van der Waals surface area contributed by atoms with Gasteiger partial charge in [0.1, 0.15) is 0 Å². The molecule has 0 fully saturated rings. The monoisotopic (exact) mass is 300 g/mol. The first-order chi connectivity index (χ1) is 10.9. The van der Waals surface area contributed by atoms with Crippen LogP contribution in [0.1, 0.15) is 51.9 Å². The van der Waals surface area contributed by atoms with Crippen molar-refractivity contribution in [3.8, 4) is 0 Å². The third-order valence-electron chi connectivity index (χ3n) is 2.89. The Hall–Kier alpha value is -1.60. The van der Waals surface area contributed by atoms with Gasteiger partial charge in [-0.3, -0.25) is 0 Å². The summed E-state index contributed by atoms with van der Waals surface area (Å²) in [5, 5.41) is 8.61. The van der Waals surface area contributed by atoms with Gasteiger partial charge in [0, 0.05) is 6.61 Å². The van der Waals surface area contributed by atoms with E-state index in [9.17, 15) is 0 Å². The van der Waals surface area contributed by atoms with Gasteiger partial charge in [0.15, 0.2) is 0 Å². The number of hydrogen-bond acceptors (Lipinski definition) is 1. The van der Waals surface area contributed by atoms with Gasteiger partial charge in [-0.1, -0.05) is 79.8 Å². The first-order valence-electron chi connectivity index (χ1n) is 8.42. The van der Waals surface area contributed by atoms with Crippen LogP contribution < -0.4 is 0 Å². The van der Waals surface area contributed by atoms with Gasteiger partial charge in [0.2, 0.25) is 0 Å². The molecule has 0 radical (unpaired) electrons. The second-order valence-electron chi connectivity index (χ2n) is 4.93. The largest absolute Gasteiger partial charge is 0.396 e. The fraction of sp³-hybridized carbons (Fsp3) is 0.429. The Morgan fingerprint density at radius 1 is 0.500 bits per heavy atom. The molecule has 0 rings (SSSR count). The molecule has 0 aromatic carbocycles. The minimum Gasteiger partial charge on any atom is -0.396 e. The van der Waals surface area contributed by atoms with Crippen LogP contribution in [0.5, 0.6) is 0 Å². The lowest BCUT2D eigenvalue weighted by Gasteiger charge is -1.86. The van der Waals surface area contributed by atoms with E-state index < -0.39 is 0 Å². The highest BCUT2D eigenvalue weighted by molar-refractivity contribution is 5.01. The van der Waals surface area contributed by atoms with Crippen LogP contribution in [0.25, 0.3) is 0 Å². The molecule has 0 saturated heterocycles. The molecular weight excluding hydrogens is 268 g/mol. The SMILES string of the molecule is CC/C=C\C/C=C\C/C=C\C/C=C\C/C=C\C/C=C\CCO. The zero-order valence-corrected chi connectivity index (χ0v) is 14.0. The van der Waals surface area contributed by atoms with Crippen molar-refractivity contribution < 1.29 is 5.11 Å². The maximum absolute atomic E-state index is 8.61. The third kappa shape index (κ3) is 18.4. The van der Waals surface area contributed by atoms with Crippen LogP contribution in [0.3, 0.4) is 0 Å². The molecule has 0 aromatic rings. The van der Waals surface area contributed by atoms with Gasteiger partial charge in [-0.05, 0) is 44.9 Å². The van der Waals surface area contributed by atoms with Crippen molar-refractivity contribution in [1.29, 1.82) is 0 Å². The van der Waals surface area contributed by atoms with Crippen molar-refractivity contribution in [1.82, 2.24) is 0 Å². The molecule has 0 unspecified atom stereocenters. The lowest BCUT2D eigenvalue weighted by Crippen LogP contribution is -1.74. The smallest absolute Gasteiger partial charge is 0.0465 e. The van der Waals surface area contributed by atoms with Crippen LogP contribution in [0, 0.1) is 0 Å². The number of allylic oxidation sites excluding steroid dienone is 11. The van der Waals surface area contributed by atoms with Crippen LogP contribution in [-0.2, 0) is 0 Å². The Kier molecular flexibility index (Phi) is 18.0. The second-order valence-corrected chi connectivity index (χ2v) is 4.93. The van der Waals surface area contributed by atoms with E-state index in [1.807, 2.05) is 6.08 Å². The fourth-order valence-electron chi connectivity index (χ4n) is 1.71. The van der Waals surface area contributed by atoms with Crippen LogP contribution in [0.4, 0.5) is 0 Å². The molecule has 0 spiro atoms. The van der Waals surface area contributed by atoms with Gasteiger partial charge in [-0.15, -0.1) is 0 Å². The maximum atomic E-state index is 8.61. The Morgan fingerprint density at radius 2 is 0.818 bits per heavy atom. The summed E-state index contributed by atoms with van der Waals surface area (Å²) in [5.41, 5.74) is 0. The highest BCUT2D eigenvalue weighted by Gasteiger charge is 1.76. The van der Waals surface area contributed by atoms with Gasteiger partial charge in [-0.25, -0.2) is 0 Å². The van der Waals surface area contributed by atoms with Gasteiger partial charge in [0.05, 0.1) is 0 Å². The summed E-state index contributed by atoms with van der Waals surface area (Å²) in [6.45, 7) is 2.39. The highest BCUT2D eigenvalue weighted by atomic mass is 16.2. The third-order valence-corrected chi connectivity index (χ3v) is 2.89. The quantitative estimate of drug-likeness (QED) is 0.409. The lowest BCUT2D eigenvalue weighted by atomic mass is 10.2. The molecule has 0 aromatic heterocycles. The zero-order valence-electron chi connectivity index (χ0n) is 14.0. The first kappa shape index (κ1) is 20.4. The summed E-state index contributed by atoms with van der Waals surface area (Å²) < 4.78 is 0. The second kappa shape index (κ2) is 19.4. The molecule has 0 atom stereocenters. The van der Waals surface area contributed by atoms with Crippen LogP contribution >= 0.6 is 0 Å². The van der Waals surface area contributed by atoms with Gasteiger partial charge >= 0.3 is 0 Å². The Morgan fingerprint density at radius 3 is 1.14 bits per heavy atom. The van der Waals surface area contributed by atoms with Crippen molar-refractivity contribution in [2.75, 3.05) is 6.61 Å². The van der Waals surface area contributed by atoms with E-state index in [-0.39, 0.29) is 6.61 Å². The molecule has 0 aliphatic rings. The fourth-order valence-corrected chi connectivity index (χ4v) is 1.71. The first-order valence-corrected chi connectivity index (χ1v) is 8.42. The maximum Gasteiger partial charge on any atom is 0.0465 e. The van der Waals surface area contributed by atoms with Crippen molar-refractivity contribution >= 4 is 0 Å². The van der Waals surface area contributed by atoms with Crippen LogP contribution in [0.15, 0.2) is 72.9 Å². The average molecular weight is 300 g/mol. The summed E-state index contributed by atoms with van der Waals surface area (Å²) in [6, 6.07) is 0. The molecular formula is C21H32O. The van der Waals surface area contributed by atoms with Crippen LogP contribution in [-0.4, -0.2) is 11.7 Å². The average Bonchev–Trinajstić information content (AvgIpc) is 2.54. The van der Waals surface area contributed by atoms with Gasteiger partial charge in [-0.2, -0.15) is 0 Å². The van der Waals surface area contributed by atoms with E-state index in [0.29, 0.717) is 0 Å². The molecule has 1 N–H and O–H groups in total. The van der Waals surface area contributed by atoms with E-state index in [0.717, 1.165) is 44.9 Å². The number of hydrogen-bond donors (Lipinski definition) is 1. The van der Waals surface area contributed by atoms with E-state index in [2.05, 4.69) is 73.8 Å². The minimum absolute atomic E-state index is 0.238. The molecule has 0 saturated carbocycles. The summed E-state index contributed by atoms with van der Waals surface area (Å²) in [7, 11) is 0. The summed E-state index contributed by atoms with van der Waals surface area (Å²) in [5.74, 6) is 0. The van der Waals surface area contributed by atoms with Crippen molar-refractivity contribution in [2.24, 2.45) is 0 Å². The standard InChI is InChI=1S/C21H32O/c1-2-3-4-5-6-7-8-9-10-11-12-13-14-15-16-17-18-19-20-21-22/h3-4,6-7,9-10,12-13,15-16,18-19,22H,2,5,8,11,14,17,20-21H2,1H3/b4-3-,7-6-,10-9-,13-12-,16-15-,19-18-. The molecule has 0 heterocycles. The van der Waals surface area contributed by atoms with E-state index >= 15 is 0 Å². The van der Waals surface area contributed by atoms with Crippen molar-refractivity contribution in [3.05, 3.63) is 72.9 Å². The topological polar surface area (TPSA) is 20.2 Å². The van der Waals surface area contributed by atoms with Gasteiger partial charge < -0.3 is 5.11 Å². The Labute approximate surface area is 137 Å². The lowest BCUT2D eigenvalue weighted by molar-refractivity contribution is 0.302. The predicted octanol–water partition coefficient (Wildman–Crippen LogP) is 6.07. The summed E-state index contributed by atoms with van der Waals surface area (Å²) >= 11 is 0. The van der Waals surface area contributed by atoms with Crippen molar-refractivity contribution in [3.63, 3.8) is 0 Å². The van der Waals surface area contributed by atoms with E-state index in [4.69, 9.17) is 5.11 Å². The molecule has 122 valence electrons. The molecule has 0 amide bonds. The zero-order chi connectivity index (χ0) is 16.1. The summed E-state index contributed by atoms with van der Waals surface area (Å²) in [4.78, 5) is 0. The molecule has 1 heteroatoms. The minimum atomic E-state index is 0.238. The Bertz CT molecular complexity index is 381. The van der Waals surface area contributed by atoms with Crippen molar-refractivity contribution in [2.45, 2.75) is 51.9 Å². The van der Waals surface area contributed by atoms with E-state index in [1.165, 1.54) is 0 Å². The summed E-state index contributed by atoms with van der Waals surface area (Å²) in [6.07, 6.45) is 33.0. The normalized spacial score (nSPS) is 13.4. The number of aliphatic hydroxyl groups is 1. The molecule has 1 nitrogen and oxygen atoms in total. The van der Waals surface area contributed by atoms with E-state index in [1.54, 1.807) is 0 Å². The molecule has 0 aliphatic carbocycles. The highest BCUT2D eigenvalue weighted by Crippen LogP contribution is 1.96. The number of aliphatic hydroxyl groups excluding tert-OH is 1. The molecule has 0 aliphatic heterocycles. The molecule has 0 bridgehead atoms. The number of rotatable bonds is 13. The van der Waals surface area contributed by atoms with Crippen LogP contribution in [0.2, 0.25) is 0 Å². The van der Waals surface area contributed by atoms with Gasteiger partial charge in [0.25, 0.3) is 0 Å².